The second kappa shape index (κ2) is 6.15. The first-order valence-corrected chi connectivity index (χ1v) is 6.97. The van der Waals surface area contributed by atoms with E-state index in [2.05, 4.69) is 12.2 Å². The zero-order valence-corrected chi connectivity index (χ0v) is 11.6. The molecule has 3 nitrogen and oxygen atoms in total. The number of hydrogen-bond acceptors (Lipinski definition) is 1. The summed E-state index contributed by atoms with van der Waals surface area (Å²) < 4.78 is 13.1. The van der Waals surface area contributed by atoms with Crippen LogP contribution in [0.2, 0.25) is 0 Å². The van der Waals surface area contributed by atoms with Crippen molar-refractivity contribution in [3.05, 3.63) is 30.1 Å². The highest BCUT2D eigenvalue weighted by Gasteiger charge is 2.28. The summed E-state index contributed by atoms with van der Waals surface area (Å²) in [7, 11) is 0. The highest BCUT2D eigenvalue weighted by Crippen LogP contribution is 2.10. The van der Waals surface area contributed by atoms with E-state index in [1.165, 1.54) is 29.9 Å². The lowest BCUT2D eigenvalue weighted by Crippen LogP contribution is -3.17. The maximum atomic E-state index is 13.1. The zero-order valence-electron chi connectivity index (χ0n) is 11.6. The van der Waals surface area contributed by atoms with Gasteiger partial charge in [0.1, 0.15) is 5.82 Å². The molecule has 1 aliphatic rings. The Balaban J connectivity index is 1.92. The van der Waals surface area contributed by atoms with Crippen LogP contribution in [0.5, 0.6) is 0 Å². The lowest BCUT2D eigenvalue weighted by Gasteiger charge is -2.31. The van der Waals surface area contributed by atoms with Gasteiger partial charge < -0.3 is 10.2 Å². The van der Waals surface area contributed by atoms with Gasteiger partial charge in [0, 0.05) is 5.69 Å². The van der Waals surface area contributed by atoms with Crippen molar-refractivity contribution in [1.82, 2.24) is 0 Å². The molecule has 1 aromatic rings. The van der Waals surface area contributed by atoms with Crippen molar-refractivity contribution >= 4 is 11.6 Å². The maximum absolute atomic E-state index is 13.1. The largest absolute Gasteiger partial charge is 0.325 e. The molecular weight excluding hydrogens is 243 g/mol. The third-order valence-corrected chi connectivity index (χ3v) is 4.01. The van der Waals surface area contributed by atoms with Gasteiger partial charge in [-0.25, -0.2) is 4.39 Å². The summed E-state index contributed by atoms with van der Waals surface area (Å²) in [4.78, 5) is 13.5. The van der Waals surface area contributed by atoms with Crippen LogP contribution < -0.4 is 10.2 Å². The van der Waals surface area contributed by atoms with Crippen molar-refractivity contribution in [3.8, 4) is 0 Å². The quantitative estimate of drug-likeness (QED) is 0.852. The number of amides is 1. The first-order valence-electron chi connectivity index (χ1n) is 6.97. The van der Waals surface area contributed by atoms with Crippen molar-refractivity contribution in [2.45, 2.75) is 32.7 Å². The number of halogens is 1. The van der Waals surface area contributed by atoms with Crippen LogP contribution in [0, 0.1) is 11.7 Å². The molecule has 1 fully saturated rings. The molecule has 2 N–H and O–H groups in total. The molecule has 0 radical (unpaired) electrons. The van der Waals surface area contributed by atoms with Crippen LogP contribution in [0.15, 0.2) is 24.3 Å². The Labute approximate surface area is 113 Å². The van der Waals surface area contributed by atoms with Gasteiger partial charge in [-0.2, -0.15) is 0 Å². The molecule has 4 heteroatoms. The Morgan fingerprint density at radius 3 is 2.74 bits per heavy atom. The number of carbonyl (C=O) groups excluding carboxylic acids is 1. The molecule has 1 aliphatic heterocycles. The van der Waals surface area contributed by atoms with E-state index in [0.29, 0.717) is 5.69 Å². The number of likely N-dealkylation sites (tertiary alicyclic amines) is 1. The fourth-order valence-electron chi connectivity index (χ4n) is 2.57. The van der Waals surface area contributed by atoms with Gasteiger partial charge in [0.25, 0.3) is 5.91 Å². The van der Waals surface area contributed by atoms with Gasteiger partial charge in [-0.3, -0.25) is 4.79 Å². The Morgan fingerprint density at radius 2 is 2.11 bits per heavy atom. The molecule has 0 aliphatic carbocycles. The molecule has 1 heterocycles. The summed E-state index contributed by atoms with van der Waals surface area (Å²) in [5.41, 5.74) is 0.529. The number of benzene rings is 1. The smallest absolute Gasteiger partial charge is 0.282 e. The average Bonchev–Trinajstić information content (AvgIpc) is 2.39. The Hall–Kier alpha value is -1.42. The van der Waals surface area contributed by atoms with E-state index in [0.717, 1.165) is 19.0 Å². The molecule has 0 aromatic heterocycles. The third-order valence-electron chi connectivity index (χ3n) is 4.01. The van der Waals surface area contributed by atoms with Gasteiger partial charge in [-0.05, 0) is 43.9 Å². The van der Waals surface area contributed by atoms with E-state index in [9.17, 15) is 9.18 Å². The van der Waals surface area contributed by atoms with E-state index < -0.39 is 0 Å². The van der Waals surface area contributed by atoms with E-state index in [1.54, 1.807) is 12.1 Å². The van der Waals surface area contributed by atoms with Crippen LogP contribution >= 0.6 is 0 Å². The molecule has 0 bridgehead atoms. The summed E-state index contributed by atoms with van der Waals surface area (Å²) in [6, 6.07) is 5.94. The third kappa shape index (κ3) is 3.77. The molecule has 1 amide bonds. The highest BCUT2D eigenvalue weighted by atomic mass is 19.1. The van der Waals surface area contributed by atoms with Crippen LogP contribution in [-0.4, -0.2) is 25.0 Å². The Bertz CT molecular complexity index is 442. The highest BCUT2D eigenvalue weighted by molar-refractivity contribution is 5.93. The van der Waals surface area contributed by atoms with Crippen molar-refractivity contribution in [3.63, 3.8) is 0 Å². The van der Waals surface area contributed by atoms with Crippen molar-refractivity contribution in [2.24, 2.45) is 5.92 Å². The molecular formula is C15H22FN2O+. The number of anilines is 1. The number of nitrogens with one attached hydrogen (secondary N) is 2. The first kappa shape index (κ1) is 14.0. The van der Waals surface area contributed by atoms with Crippen LogP contribution in [0.3, 0.4) is 0 Å². The molecule has 1 atom stereocenters. The van der Waals surface area contributed by atoms with Gasteiger partial charge in [-0.15, -0.1) is 0 Å². The van der Waals surface area contributed by atoms with E-state index in [4.69, 9.17) is 0 Å². The molecule has 19 heavy (non-hydrogen) atoms. The second-order valence-electron chi connectivity index (χ2n) is 5.56. The lowest BCUT2D eigenvalue weighted by molar-refractivity contribution is -0.919. The van der Waals surface area contributed by atoms with Crippen LogP contribution in [0.25, 0.3) is 0 Å². The van der Waals surface area contributed by atoms with E-state index in [1.807, 2.05) is 6.92 Å². The summed E-state index contributed by atoms with van der Waals surface area (Å²) in [6.07, 6.45) is 2.35. The Morgan fingerprint density at radius 1 is 1.42 bits per heavy atom. The summed E-state index contributed by atoms with van der Waals surface area (Å²) in [5.74, 6) is 0.405. The minimum Gasteiger partial charge on any atom is -0.325 e. The number of hydrogen-bond donors (Lipinski definition) is 2. The summed E-state index contributed by atoms with van der Waals surface area (Å²) in [5, 5.41) is 2.79. The molecule has 104 valence electrons. The minimum atomic E-state index is -0.329. The minimum absolute atomic E-state index is 0.0323. The van der Waals surface area contributed by atoms with Gasteiger partial charge in [0.2, 0.25) is 0 Å². The predicted octanol–water partition coefficient (Wildman–Crippen LogP) is 1.47. The second-order valence-corrected chi connectivity index (χ2v) is 5.56. The summed E-state index contributed by atoms with van der Waals surface area (Å²) >= 11 is 0. The van der Waals surface area contributed by atoms with E-state index >= 15 is 0 Å². The van der Waals surface area contributed by atoms with E-state index in [-0.39, 0.29) is 17.8 Å². The monoisotopic (exact) mass is 265 g/mol. The van der Waals surface area contributed by atoms with Crippen LogP contribution in [0.1, 0.15) is 26.7 Å². The lowest BCUT2D eigenvalue weighted by atomic mass is 9.98. The fourth-order valence-corrected chi connectivity index (χ4v) is 2.57. The summed E-state index contributed by atoms with van der Waals surface area (Å²) in [6.45, 7) is 6.28. The van der Waals surface area contributed by atoms with Gasteiger partial charge in [0.05, 0.1) is 13.1 Å². The topological polar surface area (TPSA) is 33.5 Å². The van der Waals surface area contributed by atoms with Crippen molar-refractivity contribution < 1.29 is 14.1 Å². The number of rotatable bonds is 3. The van der Waals surface area contributed by atoms with Crippen LogP contribution in [0.4, 0.5) is 10.1 Å². The number of piperidine rings is 1. The average molecular weight is 265 g/mol. The zero-order chi connectivity index (χ0) is 13.8. The molecule has 1 saturated heterocycles. The van der Waals surface area contributed by atoms with Crippen molar-refractivity contribution in [2.75, 3.05) is 18.4 Å². The molecule has 2 rings (SSSR count). The molecule has 0 spiro atoms. The number of quaternary nitrogens is 1. The standard InChI is InChI=1S/C15H21FN2O/c1-11-6-8-18(9-7-11)12(2)15(19)17-14-5-3-4-13(16)10-14/h3-5,10-12H,6-9H2,1-2H3,(H,17,19)/p+1/t12-/m1/s1. The normalized spacial score (nSPS) is 24.8. The Kier molecular flexibility index (Phi) is 4.53. The molecule has 1 aromatic carbocycles. The molecule has 0 saturated carbocycles. The molecule has 0 unspecified atom stereocenters. The first-order chi connectivity index (χ1) is 9.06. The van der Waals surface area contributed by atoms with Gasteiger partial charge in [-0.1, -0.05) is 13.0 Å². The van der Waals surface area contributed by atoms with Gasteiger partial charge in [0.15, 0.2) is 6.04 Å². The van der Waals surface area contributed by atoms with Crippen LogP contribution in [-0.2, 0) is 4.79 Å². The number of carbonyl (C=O) groups is 1. The predicted molar refractivity (Wildman–Crippen MR) is 73.6 cm³/mol. The SMILES string of the molecule is CC1CC[NH+]([C@H](C)C(=O)Nc2cccc(F)c2)CC1. The van der Waals surface area contributed by atoms with Gasteiger partial charge >= 0.3 is 0 Å². The fraction of sp³-hybridized carbons (Fsp3) is 0.533. The maximum Gasteiger partial charge on any atom is 0.282 e. The van der Waals surface area contributed by atoms with Crippen molar-refractivity contribution in [1.29, 1.82) is 0 Å².